The molecule has 2 saturated heterocycles. The van der Waals surface area contributed by atoms with Crippen LogP contribution in [0.15, 0.2) is 30.3 Å². The van der Waals surface area contributed by atoms with Gasteiger partial charge in [-0.1, -0.05) is 30.3 Å². The van der Waals surface area contributed by atoms with E-state index in [2.05, 4.69) is 5.32 Å². The molecule has 0 aromatic heterocycles. The first-order chi connectivity index (χ1) is 8.11. The molecule has 4 rings (SSSR count). The third-order valence-electron chi connectivity index (χ3n) is 3.28. The predicted octanol–water partition coefficient (Wildman–Crippen LogP) is 1.96. The van der Waals surface area contributed by atoms with Crippen molar-refractivity contribution in [3.05, 3.63) is 35.9 Å². The highest BCUT2D eigenvalue weighted by Gasteiger charge is 2.51. The van der Waals surface area contributed by atoms with Crippen molar-refractivity contribution in [1.82, 2.24) is 5.32 Å². The van der Waals surface area contributed by atoms with Crippen LogP contribution < -0.4 is 5.32 Å². The van der Waals surface area contributed by atoms with E-state index in [-0.39, 0.29) is 0 Å². The van der Waals surface area contributed by atoms with Gasteiger partial charge in [0.25, 0.3) is 0 Å². The van der Waals surface area contributed by atoms with Crippen LogP contribution in [0.25, 0.3) is 0 Å². The number of fused-ring (bicyclic) bond motifs is 1. The van der Waals surface area contributed by atoms with Gasteiger partial charge in [-0.05, 0) is 24.3 Å². The molecule has 1 aromatic carbocycles. The van der Waals surface area contributed by atoms with Gasteiger partial charge in [0.15, 0.2) is 0 Å². The van der Waals surface area contributed by atoms with E-state index in [1.807, 2.05) is 30.3 Å². The van der Waals surface area contributed by atoms with Crippen molar-refractivity contribution in [1.29, 1.82) is 0 Å². The molecule has 0 spiro atoms. The fraction of sp³-hybridized carbons (Fsp3) is 0.538. The van der Waals surface area contributed by atoms with Gasteiger partial charge < -0.3 is 10.1 Å². The summed E-state index contributed by atoms with van der Waals surface area (Å²) in [6.07, 6.45) is 1.73. The zero-order valence-corrected chi connectivity index (χ0v) is 8.70. The highest BCUT2D eigenvalue weighted by atomic mass is 16.5. The van der Waals surface area contributed by atoms with Gasteiger partial charge in [-0.3, -0.25) is 0 Å². The Bertz CT molecular complexity index is 396. The van der Waals surface area contributed by atoms with E-state index in [0.717, 1.165) is 25.0 Å². The Morgan fingerprint density at radius 2 is 2.20 bits per heavy atom. The van der Waals surface area contributed by atoms with E-state index >= 15 is 0 Å². The molecule has 3 fully saturated rings. The van der Waals surface area contributed by atoms with Crippen LogP contribution >= 0.6 is 0 Å². The van der Waals surface area contributed by atoms with Crippen LogP contribution in [0.2, 0.25) is 0 Å². The lowest BCUT2D eigenvalue weighted by atomic mass is 9.74. The number of ether oxygens (including phenoxy) is 1. The van der Waals surface area contributed by atoms with Crippen LogP contribution in [0.3, 0.4) is 0 Å². The van der Waals surface area contributed by atoms with Crippen molar-refractivity contribution < 1.29 is 7.48 Å². The summed E-state index contributed by atoms with van der Waals surface area (Å²) in [5.74, 6) is 0.587. The van der Waals surface area contributed by atoms with Crippen molar-refractivity contribution in [2.75, 3.05) is 13.1 Å². The number of benzene rings is 1. The summed E-state index contributed by atoms with van der Waals surface area (Å²) < 4.78 is 21.9. The molecule has 1 saturated carbocycles. The second-order valence-corrected chi connectivity index (χ2v) is 4.54. The smallest absolute Gasteiger partial charge is 0.0813 e. The molecule has 2 nitrogen and oxygen atoms in total. The van der Waals surface area contributed by atoms with E-state index < -0.39 is 12.1 Å². The third-order valence-corrected chi connectivity index (χ3v) is 3.28. The Morgan fingerprint density at radius 3 is 2.87 bits per heavy atom. The molecule has 0 atom stereocenters. The van der Waals surface area contributed by atoms with Crippen molar-refractivity contribution in [2.24, 2.45) is 5.92 Å². The van der Waals surface area contributed by atoms with Crippen LogP contribution in [0, 0.1) is 5.92 Å². The maximum atomic E-state index is 8.14. The third kappa shape index (κ3) is 1.80. The zero-order chi connectivity index (χ0) is 11.9. The summed E-state index contributed by atoms with van der Waals surface area (Å²) in [6.45, 7) is -0.161. The average molecular weight is 205 g/mol. The van der Waals surface area contributed by atoms with E-state index in [4.69, 9.17) is 7.48 Å². The number of rotatable bonds is 4. The number of nitrogens with one attached hydrogen (secondary N) is 1. The van der Waals surface area contributed by atoms with Crippen molar-refractivity contribution >= 4 is 0 Å². The number of hydrogen-bond donors (Lipinski definition) is 1. The lowest BCUT2D eigenvalue weighted by molar-refractivity contribution is 0.00257. The molecular formula is C13H17NO. The predicted molar refractivity (Wildman–Crippen MR) is 59.6 cm³/mol. The van der Waals surface area contributed by atoms with E-state index in [0.29, 0.717) is 12.5 Å². The van der Waals surface area contributed by atoms with Gasteiger partial charge in [0.1, 0.15) is 0 Å². The Morgan fingerprint density at radius 1 is 1.40 bits per heavy atom. The first-order valence-electron chi connectivity index (χ1n) is 6.54. The lowest BCUT2D eigenvalue weighted by Gasteiger charge is -2.36. The summed E-state index contributed by atoms with van der Waals surface area (Å²) >= 11 is 0. The fourth-order valence-electron chi connectivity index (χ4n) is 2.43. The highest BCUT2D eigenvalue weighted by molar-refractivity contribution is 5.14. The van der Waals surface area contributed by atoms with E-state index in [1.165, 1.54) is 0 Å². The monoisotopic (exact) mass is 205 g/mol. The minimum absolute atomic E-state index is 0.545. The molecule has 15 heavy (non-hydrogen) atoms. The molecule has 2 heteroatoms. The molecule has 1 aromatic rings. The second kappa shape index (κ2) is 3.62. The maximum absolute atomic E-state index is 8.14. The SMILES string of the molecule is [2H]C([2H])(NCc1ccccc1)C12CC(CO1)C2. The van der Waals surface area contributed by atoms with Gasteiger partial charge in [-0.2, -0.15) is 0 Å². The quantitative estimate of drug-likeness (QED) is 0.811. The molecule has 1 N–H and O–H groups in total. The van der Waals surface area contributed by atoms with Crippen LogP contribution in [-0.4, -0.2) is 18.7 Å². The van der Waals surface area contributed by atoms with Gasteiger partial charge in [0, 0.05) is 15.8 Å². The zero-order valence-electron chi connectivity index (χ0n) is 10.7. The Balaban J connectivity index is 1.64. The minimum atomic E-state index is -1.43. The maximum Gasteiger partial charge on any atom is 0.0813 e. The molecule has 0 unspecified atom stereocenters. The fourth-order valence-corrected chi connectivity index (χ4v) is 2.43. The normalized spacial score (nSPS) is 35.6. The van der Waals surface area contributed by atoms with E-state index in [9.17, 15) is 0 Å². The van der Waals surface area contributed by atoms with Crippen molar-refractivity contribution in [2.45, 2.75) is 25.0 Å². The second-order valence-electron chi connectivity index (χ2n) is 4.54. The van der Waals surface area contributed by atoms with Gasteiger partial charge in [0.2, 0.25) is 0 Å². The summed E-state index contributed by atoms with van der Waals surface area (Å²) in [5.41, 5.74) is 0.536. The molecule has 2 aliphatic heterocycles. The van der Waals surface area contributed by atoms with Gasteiger partial charge in [-0.25, -0.2) is 0 Å². The van der Waals surface area contributed by atoms with Gasteiger partial charge in [-0.15, -0.1) is 0 Å². The largest absolute Gasteiger partial charge is 0.373 e. The van der Waals surface area contributed by atoms with Crippen molar-refractivity contribution in [3.63, 3.8) is 0 Å². The number of hydrogen-bond acceptors (Lipinski definition) is 2. The standard InChI is InChI=1S/C13H17NO/c1-2-4-11(5-3-1)8-14-10-13-6-12(7-13)9-15-13/h1-5,12,14H,6-10H2/i10D2. The van der Waals surface area contributed by atoms with Gasteiger partial charge >= 0.3 is 0 Å². The van der Waals surface area contributed by atoms with Crippen LogP contribution in [-0.2, 0) is 11.3 Å². The molecule has 2 bridgehead atoms. The highest BCUT2D eigenvalue weighted by Crippen LogP contribution is 2.47. The molecular weight excluding hydrogens is 186 g/mol. The average Bonchev–Trinajstić information content (AvgIpc) is 2.88. The van der Waals surface area contributed by atoms with Crippen LogP contribution in [0.1, 0.15) is 21.1 Å². The van der Waals surface area contributed by atoms with Crippen molar-refractivity contribution in [3.8, 4) is 0 Å². The first kappa shape index (κ1) is 7.42. The molecule has 1 aliphatic carbocycles. The minimum Gasteiger partial charge on any atom is -0.373 e. The summed E-state index contributed by atoms with van der Waals surface area (Å²) in [6, 6.07) is 9.90. The molecule has 3 aliphatic rings. The topological polar surface area (TPSA) is 21.3 Å². The summed E-state index contributed by atoms with van der Waals surface area (Å²) in [5, 5.41) is 3.00. The molecule has 80 valence electrons. The Kier molecular flexibility index (Phi) is 1.79. The Hall–Kier alpha value is -0.860. The molecule has 0 amide bonds. The first-order valence-corrected chi connectivity index (χ1v) is 5.54. The summed E-state index contributed by atoms with van der Waals surface area (Å²) in [7, 11) is 0. The van der Waals surface area contributed by atoms with E-state index in [1.54, 1.807) is 0 Å². The van der Waals surface area contributed by atoms with Crippen LogP contribution in [0.4, 0.5) is 0 Å². The molecule has 2 heterocycles. The Labute approximate surface area is 93.4 Å². The van der Waals surface area contributed by atoms with Gasteiger partial charge in [0.05, 0.1) is 12.2 Å². The van der Waals surface area contributed by atoms with Crippen LogP contribution in [0.5, 0.6) is 0 Å². The lowest BCUT2D eigenvalue weighted by Crippen LogP contribution is -2.45. The summed E-state index contributed by atoms with van der Waals surface area (Å²) in [4.78, 5) is 0. The molecule has 0 radical (unpaired) electrons.